The molecule has 0 aliphatic rings. The van der Waals surface area contributed by atoms with Crippen molar-refractivity contribution in [2.45, 2.75) is 26.3 Å². The summed E-state index contributed by atoms with van der Waals surface area (Å²) >= 11 is 1.24. The van der Waals surface area contributed by atoms with Gasteiger partial charge in [-0.25, -0.2) is 4.98 Å². The predicted octanol–water partition coefficient (Wildman–Crippen LogP) is 3.84. The Labute approximate surface area is 128 Å². The number of ether oxygens (including phenoxy) is 1. The van der Waals surface area contributed by atoms with Gasteiger partial charge in [-0.3, -0.25) is 4.79 Å². The molecule has 2 aromatic rings. The number of aryl methyl sites for hydroxylation is 1. The highest BCUT2D eigenvalue weighted by molar-refractivity contribution is 7.11. The lowest BCUT2D eigenvalue weighted by Gasteiger charge is -2.15. The number of hydrogen-bond donors (Lipinski definition) is 1. The van der Waals surface area contributed by atoms with Crippen molar-refractivity contribution in [2.24, 2.45) is 0 Å². The number of amides is 1. The largest absolute Gasteiger partial charge is 0.573 e. The topological polar surface area (TPSA) is 51.2 Å². The molecular weight excluding hydrogens is 317 g/mol. The van der Waals surface area contributed by atoms with Crippen LogP contribution in [-0.2, 0) is 0 Å². The van der Waals surface area contributed by atoms with Crippen LogP contribution in [0.25, 0.3) is 0 Å². The average Bonchev–Trinajstić information content (AvgIpc) is 2.84. The summed E-state index contributed by atoms with van der Waals surface area (Å²) in [7, 11) is 0. The van der Waals surface area contributed by atoms with E-state index in [0.29, 0.717) is 16.1 Å². The molecule has 22 heavy (non-hydrogen) atoms. The number of benzene rings is 1. The third-order valence-electron chi connectivity index (χ3n) is 2.91. The van der Waals surface area contributed by atoms with Crippen LogP contribution in [0.5, 0.6) is 5.75 Å². The van der Waals surface area contributed by atoms with Crippen LogP contribution < -0.4 is 10.1 Å². The molecule has 0 unspecified atom stereocenters. The highest BCUT2D eigenvalue weighted by atomic mass is 32.1. The summed E-state index contributed by atoms with van der Waals surface area (Å²) in [5.41, 5.74) is 2.90. The van der Waals surface area contributed by atoms with Gasteiger partial charge in [0.2, 0.25) is 0 Å². The Morgan fingerprint density at radius 1 is 1.32 bits per heavy atom. The van der Waals surface area contributed by atoms with E-state index in [1.54, 1.807) is 19.4 Å². The molecule has 0 saturated carbocycles. The molecular formula is C14H13F3N2O2S. The minimum Gasteiger partial charge on any atom is -0.406 e. The molecule has 1 amide bonds. The molecule has 1 aromatic carbocycles. The highest BCUT2D eigenvalue weighted by Crippen LogP contribution is 2.24. The molecule has 0 aliphatic heterocycles. The van der Waals surface area contributed by atoms with Crippen molar-refractivity contribution in [1.29, 1.82) is 0 Å². The summed E-state index contributed by atoms with van der Waals surface area (Å²) in [6.45, 7) is 3.48. The molecule has 0 bridgehead atoms. The fraction of sp³-hybridized carbons (Fsp3) is 0.286. The van der Waals surface area contributed by atoms with Gasteiger partial charge >= 0.3 is 6.36 Å². The quantitative estimate of drug-likeness (QED) is 0.926. The number of nitrogens with zero attached hydrogens (tertiary/aromatic N) is 1. The van der Waals surface area contributed by atoms with Crippen LogP contribution >= 0.6 is 11.3 Å². The van der Waals surface area contributed by atoms with Crippen LogP contribution in [0.4, 0.5) is 13.2 Å². The molecule has 4 nitrogen and oxygen atoms in total. The minimum atomic E-state index is -4.72. The number of carbonyl (C=O) groups is 1. The lowest BCUT2D eigenvalue weighted by molar-refractivity contribution is -0.274. The zero-order valence-electron chi connectivity index (χ0n) is 11.8. The number of nitrogens with one attached hydrogen (secondary N) is 1. The van der Waals surface area contributed by atoms with Crippen molar-refractivity contribution in [3.05, 3.63) is 45.9 Å². The summed E-state index contributed by atoms with van der Waals surface area (Å²) in [6, 6.07) is 5.03. The van der Waals surface area contributed by atoms with E-state index in [2.05, 4.69) is 15.0 Å². The number of thiazole rings is 1. The van der Waals surface area contributed by atoms with Gasteiger partial charge < -0.3 is 10.1 Å². The van der Waals surface area contributed by atoms with Crippen LogP contribution in [0, 0.1) is 6.92 Å². The van der Waals surface area contributed by atoms with E-state index >= 15 is 0 Å². The van der Waals surface area contributed by atoms with Crippen molar-refractivity contribution in [2.75, 3.05) is 0 Å². The molecule has 0 spiro atoms. The van der Waals surface area contributed by atoms with E-state index < -0.39 is 6.36 Å². The second-order valence-electron chi connectivity index (χ2n) is 4.58. The fourth-order valence-electron chi connectivity index (χ4n) is 1.82. The van der Waals surface area contributed by atoms with E-state index in [9.17, 15) is 18.0 Å². The van der Waals surface area contributed by atoms with Crippen LogP contribution in [0.15, 0.2) is 29.8 Å². The zero-order valence-corrected chi connectivity index (χ0v) is 12.6. The molecule has 118 valence electrons. The van der Waals surface area contributed by atoms with Crippen LogP contribution in [-0.4, -0.2) is 17.3 Å². The van der Waals surface area contributed by atoms with Crippen molar-refractivity contribution < 1.29 is 22.7 Å². The van der Waals surface area contributed by atoms with Crippen LogP contribution in [0.1, 0.15) is 33.9 Å². The molecule has 1 N–H and O–H groups in total. The first kappa shape index (κ1) is 16.3. The highest BCUT2D eigenvalue weighted by Gasteiger charge is 2.31. The second kappa shape index (κ2) is 6.35. The molecule has 1 atom stereocenters. The van der Waals surface area contributed by atoms with E-state index in [1.807, 2.05) is 0 Å². The summed E-state index contributed by atoms with van der Waals surface area (Å²) < 4.78 is 40.0. The zero-order chi connectivity index (χ0) is 16.3. The summed E-state index contributed by atoms with van der Waals surface area (Å²) in [5, 5.41) is 2.78. The van der Waals surface area contributed by atoms with E-state index in [1.165, 1.54) is 35.6 Å². The molecule has 8 heteroatoms. The van der Waals surface area contributed by atoms with Crippen LogP contribution in [0.3, 0.4) is 0 Å². The number of halogens is 3. The van der Waals surface area contributed by atoms with Gasteiger partial charge in [-0.2, -0.15) is 0 Å². The van der Waals surface area contributed by atoms with Gasteiger partial charge in [-0.1, -0.05) is 12.1 Å². The first-order valence-corrected chi connectivity index (χ1v) is 7.21. The number of hydrogen-bond acceptors (Lipinski definition) is 4. The normalized spacial score (nSPS) is 12.8. The van der Waals surface area contributed by atoms with Gasteiger partial charge in [0.25, 0.3) is 5.91 Å². The molecule has 1 aromatic heterocycles. The molecule has 0 radical (unpaired) electrons. The van der Waals surface area contributed by atoms with Gasteiger partial charge in [0.05, 0.1) is 17.2 Å². The standard InChI is InChI=1S/C14H13F3N2O2S/c1-8(19-13(20)12-9(2)18-7-22-12)10-3-5-11(6-4-10)21-14(15,16)17/h3-8H,1-2H3,(H,19,20)/t8-/m1/s1. The maximum Gasteiger partial charge on any atom is 0.573 e. The molecule has 0 fully saturated rings. The minimum absolute atomic E-state index is 0.261. The summed E-state index contributed by atoms with van der Waals surface area (Å²) in [6.07, 6.45) is -4.72. The maximum absolute atomic E-state index is 12.1. The Hall–Kier alpha value is -2.09. The maximum atomic E-state index is 12.1. The Morgan fingerprint density at radius 2 is 1.95 bits per heavy atom. The SMILES string of the molecule is Cc1ncsc1C(=O)N[C@H](C)c1ccc(OC(F)(F)F)cc1. The third kappa shape index (κ3) is 4.20. The first-order valence-electron chi connectivity index (χ1n) is 6.33. The summed E-state index contributed by atoms with van der Waals surface area (Å²) in [4.78, 5) is 16.6. The smallest absolute Gasteiger partial charge is 0.406 e. The second-order valence-corrected chi connectivity index (χ2v) is 5.43. The average molecular weight is 330 g/mol. The number of alkyl halides is 3. The van der Waals surface area contributed by atoms with E-state index in [-0.39, 0.29) is 17.7 Å². The monoisotopic (exact) mass is 330 g/mol. The Kier molecular flexibility index (Phi) is 4.70. The number of carbonyl (C=O) groups excluding carboxylic acids is 1. The lowest BCUT2D eigenvalue weighted by Crippen LogP contribution is -2.26. The lowest BCUT2D eigenvalue weighted by atomic mass is 10.1. The third-order valence-corrected chi connectivity index (χ3v) is 3.84. The number of rotatable bonds is 4. The van der Waals surface area contributed by atoms with Gasteiger partial charge in [0, 0.05) is 0 Å². The van der Waals surface area contributed by atoms with Crippen LogP contribution in [0.2, 0.25) is 0 Å². The predicted molar refractivity (Wildman–Crippen MR) is 75.9 cm³/mol. The van der Waals surface area contributed by atoms with Crippen molar-refractivity contribution in [3.63, 3.8) is 0 Å². The first-order chi connectivity index (χ1) is 10.3. The number of aromatic nitrogens is 1. The van der Waals surface area contributed by atoms with Crippen molar-refractivity contribution in [1.82, 2.24) is 10.3 Å². The molecule has 2 rings (SSSR count). The molecule has 1 heterocycles. The van der Waals surface area contributed by atoms with Gasteiger partial charge in [-0.05, 0) is 31.5 Å². The Morgan fingerprint density at radius 3 is 2.45 bits per heavy atom. The van der Waals surface area contributed by atoms with Gasteiger partial charge in [0.1, 0.15) is 10.6 Å². The molecule has 0 aliphatic carbocycles. The van der Waals surface area contributed by atoms with E-state index in [4.69, 9.17) is 0 Å². The van der Waals surface area contributed by atoms with E-state index in [0.717, 1.165) is 0 Å². The summed E-state index contributed by atoms with van der Waals surface area (Å²) in [5.74, 6) is -0.559. The fourth-order valence-corrected chi connectivity index (χ4v) is 2.53. The van der Waals surface area contributed by atoms with Crippen molar-refractivity contribution >= 4 is 17.2 Å². The Balaban J connectivity index is 2.02. The van der Waals surface area contributed by atoms with Gasteiger partial charge in [0.15, 0.2) is 0 Å². The Bertz CT molecular complexity index is 653. The van der Waals surface area contributed by atoms with Crippen molar-refractivity contribution in [3.8, 4) is 5.75 Å². The van der Waals surface area contributed by atoms with Gasteiger partial charge in [-0.15, -0.1) is 24.5 Å². The molecule has 0 saturated heterocycles.